The highest BCUT2D eigenvalue weighted by molar-refractivity contribution is 5.09. The second kappa shape index (κ2) is 1.99. The van der Waals surface area contributed by atoms with Gasteiger partial charge in [-0.05, 0) is 32.2 Å². The number of hydrogen-bond acceptors (Lipinski definition) is 2. The molecule has 2 heteroatoms. The van der Waals surface area contributed by atoms with Gasteiger partial charge in [0.1, 0.15) is 0 Å². The topological polar surface area (TPSA) is 15.3 Å². The summed E-state index contributed by atoms with van der Waals surface area (Å²) in [5.41, 5.74) is 0.598. The third-order valence-electron chi connectivity index (χ3n) is 3.57. The van der Waals surface area contributed by atoms with Crippen LogP contribution >= 0.6 is 0 Å². The molecule has 0 aromatic carbocycles. The maximum Gasteiger partial charge on any atom is 0.0310 e. The lowest BCUT2D eigenvalue weighted by molar-refractivity contribution is 0.163. The van der Waals surface area contributed by atoms with Gasteiger partial charge >= 0.3 is 0 Å². The van der Waals surface area contributed by atoms with E-state index >= 15 is 0 Å². The average molecular weight is 152 g/mol. The van der Waals surface area contributed by atoms with E-state index in [2.05, 4.69) is 10.2 Å². The van der Waals surface area contributed by atoms with Gasteiger partial charge in [0.2, 0.25) is 0 Å². The zero-order chi connectivity index (χ0) is 7.31. The maximum absolute atomic E-state index is 3.70. The summed E-state index contributed by atoms with van der Waals surface area (Å²) in [5, 5.41) is 3.70. The van der Waals surface area contributed by atoms with Gasteiger partial charge in [0.05, 0.1) is 0 Å². The molecule has 1 spiro atoms. The van der Waals surface area contributed by atoms with Crippen molar-refractivity contribution in [2.24, 2.45) is 0 Å². The minimum Gasteiger partial charge on any atom is -0.308 e. The summed E-state index contributed by atoms with van der Waals surface area (Å²) in [4.78, 5) is 2.70. The van der Waals surface area contributed by atoms with Crippen LogP contribution < -0.4 is 5.32 Å². The van der Waals surface area contributed by atoms with E-state index < -0.39 is 0 Å². The van der Waals surface area contributed by atoms with Crippen molar-refractivity contribution in [3.63, 3.8) is 0 Å². The number of nitrogens with zero attached hydrogens (tertiary/aromatic N) is 1. The number of hydrogen-bond donors (Lipinski definition) is 1. The molecule has 2 heterocycles. The van der Waals surface area contributed by atoms with Crippen LogP contribution in [0.4, 0.5) is 0 Å². The Morgan fingerprint density at radius 3 is 3.09 bits per heavy atom. The molecule has 3 fully saturated rings. The Morgan fingerprint density at radius 1 is 1.36 bits per heavy atom. The van der Waals surface area contributed by atoms with Crippen LogP contribution in [0.3, 0.4) is 0 Å². The van der Waals surface area contributed by atoms with Gasteiger partial charge in [0.15, 0.2) is 0 Å². The quantitative estimate of drug-likeness (QED) is 0.546. The van der Waals surface area contributed by atoms with E-state index in [9.17, 15) is 0 Å². The largest absolute Gasteiger partial charge is 0.308 e. The molecule has 0 aromatic rings. The molecular weight excluding hydrogens is 136 g/mol. The number of fused-ring (bicyclic) bond motifs is 1. The van der Waals surface area contributed by atoms with Crippen molar-refractivity contribution in [2.45, 2.75) is 37.3 Å². The zero-order valence-corrected chi connectivity index (χ0v) is 6.97. The maximum atomic E-state index is 3.70. The first-order valence-corrected chi connectivity index (χ1v) is 4.87. The molecule has 3 rings (SSSR count). The predicted octanol–water partition coefficient (Wildman–Crippen LogP) is 0.587. The molecule has 2 aliphatic heterocycles. The summed E-state index contributed by atoms with van der Waals surface area (Å²) in [6.45, 7) is 3.98. The second-order valence-electron chi connectivity index (χ2n) is 4.43. The van der Waals surface area contributed by atoms with Gasteiger partial charge in [0, 0.05) is 24.7 Å². The molecule has 0 radical (unpaired) electrons. The number of rotatable bonds is 0. The van der Waals surface area contributed by atoms with Crippen LogP contribution in [-0.4, -0.2) is 36.1 Å². The molecular formula is C9H16N2. The van der Waals surface area contributed by atoms with E-state index in [-0.39, 0.29) is 0 Å². The number of nitrogens with one attached hydrogen (secondary N) is 1. The van der Waals surface area contributed by atoms with Gasteiger partial charge in [-0.1, -0.05) is 0 Å². The lowest BCUT2D eigenvalue weighted by Crippen LogP contribution is -2.55. The van der Waals surface area contributed by atoms with Crippen molar-refractivity contribution in [3.05, 3.63) is 0 Å². The zero-order valence-electron chi connectivity index (χ0n) is 6.97. The van der Waals surface area contributed by atoms with Gasteiger partial charge in [-0.15, -0.1) is 0 Å². The third kappa shape index (κ3) is 0.926. The smallest absolute Gasteiger partial charge is 0.0310 e. The fraction of sp³-hybridized carbons (Fsp3) is 1.00. The summed E-state index contributed by atoms with van der Waals surface area (Å²) in [6, 6.07) is 0.890. The van der Waals surface area contributed by atoms with Crippen LogP contribution in [0, 0.1) is 0 Å². The first-order valence-electron chi connectivity index (χ1n) is 4.87. The van der Waals surface area contributed by atoms with Gasteiger partial charge in [-0.2, -0.15) is 0 Å². The van der Waals surface area contributed by atoms with E-state index in [1.165, 1.54) is 45.3 Å². The molecule has 1 unspecified atom stereocenters. The van der Waals surface area contributed by atoms with E-state index in [4.69, 9.17) is 0 Å². The first-order chi connectivity index (χ1) is 5.38. The van der Waals surface area contributed by atoms with Crippen LogP contribution in [0.2, 0.25) is 0 Å². The second-order valence-corrected chi connectivity index (χ2v) is 4.43. The van der Waals surface area contributed by atoms with Gasteiger partial charge in [-0.3, -0.25) is 4.90 Å². The van der Waals surface area contributed by atoms with Gasteiger partial charge in [-0.25, -0.2) is 0 Å². The SMILES string of the molecule is C1CC2CNC3(CC3)CN2C1. The van der Waals surface area contributed by atoms with Gasteiger partial charge in [0.25, 0.3) is 0 Å². The monoisotopic (exact) mass is 152 g/mol. The van der Waals surface area contributed by atoms with Crippen LogP contribution in [0.5, 0.6) is 0 Å². The van der Waals surface area contributed by atoms with Crippen molar-refractivity contribution in [1.29, 1.82) is 0 Å². The molecule has 1 atom stereocenters. The number of piperazine rings is 1. The Hall–Kier alpha value is -0.0800. The fourth-order valence-electron chi connectivity index (χ4n) is 2.60. The Morgan fingerprint density at radius 2 is 2.27 bits per heavy atom. The molecule has 62 valence electrons. The summed E-state index contributed by atoms with van der Waals surface area (Å²) in [5.74, 6) is 0. The van der Waals surface area contributed by atoms with Crippen molar-refractivity contribution in [1.82, 2.24) is 10.2 Å². The predicted molar refractivity (Wildman–Crippen MR) is 44.6 cm³/mol. The molecule has 0 bridgehead atoms. The van der Waals surface area contributed by atoms with Crippen LogP contribution in [0.15, 0.2) is 0 Å². The Kier molecular flexibility index (Phi) is 1.16. The normalized spacial score (nSPS) is 40.9. The highest BCUT2D eigenvalue weighted by Crippen LogP contribution is 2.40. The lowest BCUT2D eigenvalue weighted by atomic mass is 10.1. The molecule has 1 saturated carbocycles. The molecule has 0 aromatic heterocycles. The fourth-order valence-corrected chi connectivity index (χ4v) is 2.60. The minimum absolute atomic E-state index is 0.598. The van der Waals surface area contributed by atoms with E-state index in [1.807, 2.05) is 0 Å². The minimum atomic E-state index is 0.598. The standard InChI is InChI=1S/C9H16N2/c1-2-8-6-10-9(3-4-9)7-11(8)5-1/h8,10H,1-7H2. The molecule has 1 N–H and O–H groups in total. The lowest BCUT2D eigenvalue weighted by Gasteiger charge is -2.36. The molecule has 0 amide bonds. The van der Waals surface area contributed by atoms with Crippen molar-refractivity contribution in [3.8, 4) is 0 Å². The van der Waals surface area contributed by atoms with Crippen molar-refractivity contribution in [2.75, 3.05) is 19.6 Å². The summed E-state index contributed by atoms with van der Waals surface area (Å²) in [7, 11) is 0. The molecule has 3 aliphatic rings. The molecule has 2 nitrogen and oxygen atoms in total. The Labute approximate surface area is 68.0 Å². The molecule has 11 heavy (non-hydrogen) atoms. The Balaban J connectivity index is 1.75. The molecule has 2 saturated heterocycles. The third-order valence-corrected chi connectivity index (χ3v) is 3.57. The van der Waals surface area contributed by atoms with Gasteiger partial charge < -0.3 is 5.32 Å². The summed E-state index contributed by atoms with van der Waals surface area (Å²) < 4.78 is 0. The van der Waals surface area contributed by atoms with Crippen molar-refractivity contribution < 1.29 is 0 Å². The van der Waals surface area contributed by atoms with Crippen LogP contribution in [0.25, 0.3) is 0 Å². The highest BCUT2D eigenvalue weighted by atomic mass is 15.3. The Bertz CT molecular complexity index is 174. The highest BCUT2D eigenvalue weighted by Gasteiger charge is 2.48. The summed E-state index contributed by atoms with van der Waals surface area (Å²) in [6.07, 6.45) is 5.72. The van der Waals surface area contributed by atoms with E-state index in [1.54, 1.807) is 0 Å². The molecule has 1 aliphatic carbocycles. The van der Waals surface area contributed by atoms with E-state index in [0.29, 0.717) is 5.54 Å². The summed E-state index contributed by atoms with van der Waals surface area (Å²) >= 11 is 0. The van der Waals surface area contributed by atoms with Crippen LogP contribution in [-0.2, 0) is 0 Å². The van der Waals surface area contributed by atoms with E-state index in [0.717, 1.165) is 6.04 Å². The van der Waals surface area contributed by atoms with Crippen LogP contribution in [0.1, 0.15) is 25.7 Å². The van der Waals surface area contributed by atoms with Crippen molar-refractivity contribution >= 4 is 0 Å². The first kappa shape index (κ1) is 6.44. The average Bonchev–Trinajstić information content (AvgIpc) is 2.63.